The van der Waals surface area contributed by atoms with Crippen molar-refractivity contribution in [1.82, 2.24) is 20.6 Å². The van der Waals surface area contributed by atoms with Crippen LogP contribution in [0.3, 0.4) is 0 Å². The van der Waals surface area contributed by atoms with E-state index in [9.17, 15) is 4.79 Å². The van der Waals surface area contributed by atoms with Crippen molar-refractivity contribution in [3.8, 4) is 5.75 Å². The Morgan fingerprint density at radius 3 is 2.72 bits per heavy atom. The highest BCUT2D eigenvalue weighted by molar-refractivity contribution is 9.10. The lowest BCUT2D eigenvalue weighted by atomic mass is 10.1. The summed E-state index contributed by atoms with van der Waals surface area (Å²) in [4.78, 5) is 21.2. The van der Waals surface area contributed by atoms with Gasteiger partial charge in [0.05, 0.1) is 19.2 Å². The smallest absolute Gasteiger partial charge is 0.308 e. The molecule has 0 spiro atoms. The Hall–Kier alpha value is -2.03. The number of rotatable bonds is 13. The summed E-state index contributed by atoms with van der Waals surface area (Å²) in [5, 5.41) is 6.90. The fourth-order valence-corrected chi connectivity index (χ4v) is 3.55. The van der Waals surface area contributed by atoms with Crippen molar-refractivity contribution in [3.05, 3.63) is 52.5 Å². The number of esters is 1. The summed E-state index contributed by atoms with van der Waals surface area (Å²) >= 11 is 3.40. The number of ether oxygens (including phenoxy) is 2. The molecule has 8 heteroatoms. The summed E-state index contributed by atoms with van der Waals surface area (Å²) in [5.74, 6) is 0.451. The Morgan fingerprint density at radius 1 is 1.19 bits per heavy atom. The second-order valence-corrected chi connectivity index (χ2v) is 9.30. The predicted octanol–water partition coefficient (Wildman–Crippen LogP) is 4.22. The summed E-state index contributed by atoms with van der Waals surface area (Å²) in [6, 6.07) is 7.70. The lowest BCUT2D eigenvalue weighted by Gasteiger charge is -2.23. The minimum Gasteiger partial charge on any atom is -0.492 e. The normalized spacial score (nSPS) is 12.4. The largest absolute Gasteiger partial charge is 0.492 e. The van der Waals surface area contributed by atoms with Crippen LogP contribution in [-0.4, -0.2) is 47.8 Å². The molecule has 32 heavy (non-hydrogen) atoms. The van der Waals surface area contributed by atoms with Crippen molar-refractivity contribution in [3.63, 3.8) is 0 Å². The average molecular weight is 507 g/mol. The molecule has 0 fully saturated rings. The van der Waals surface area contributed by atoms with Gasteiger partial charge in [-0.25, -0.2) is 4.98 Å². The van der Waals surface area contributed by atoms with E-state index in [1.54, 1.807) is 12.4 Å². The van der Waals surface area contributed by atoms with E-state index in [-0.39, 0.29) is 18.4 Å². The number of aryl methyl sites for hydroxylation is 1. The SMILES string of the molecule is CCOc1cncc([C@H](CC(=O)OC(C)(C)C)NCCNCCCc2cccc(Br)n2)c1. The van der Waals surface area contributed by atoms with E-state index >= 15 is 0 Å². The van der Waals surface area contributed by atoms with Gasteiger partial charge in [-0.05, 0) is 86.8 Å². The summed E-state index contributed by atoms with van der Waals surface area (Å²) in [5.41, 5.74) is 1.47. The van der Waals surface area contributed by atoms with Gasteiger partial charge < -0.3 is 20.1 Å². The lowest BCUT2D eigenvalue weighted by Crippen LogP contribution is -2.33. The number of carbonyl (C=O) groups excluding carboxylic acids is 1. The number of nitrogens with zero attached hydrogens (tertiary/aromatic N) is 2. The zero-order valence-corrected chi connectivity index (χ0v) is 21.1. The highest BCUT2D eigenvalue weighted by atomic mass is 79.9. The van der Waals surface area contributed by atoms with Gasteiger partial charge in [-0.15, -0.1) is 0 Å². The van der Waals surface area contributed by atoms with Gasteiger partial charge >= 0.3 is 5.97 Å². The third-order valence-electron chi connectivity index (χ3n) is 4.49. The number of hydrogen-bond donors (Lipinski definition) is 2. The molecule has 0 amide bonds. The molecular weight excluding hydrogens is 472 g/mol. The molecule has 7 nitrogen and oxygen atoms in total. The molecular formula is C24H35BrN4O3. The molecule has 0 aliphatic carbocycles. The van der Waals surface area contributed by atoms with Gasteiger partial charge in [0, 0.05) is 31.0 Å². The fourth-order valence-electron chi connectivity index (χ4n) is 3.17. The molecule has 2 rings (SSSR count). The monoisotopic (exact) mass is 506 g/mol. The molecule has 0 unspecified atom stereocenters. The minimum atomic E-state index is -0.516. The van der Waals surface area contributed by atoms with E-state index in [2.05, 4.69) is 36.5 Å². The standard InChI is InChI=1S/C24H35BrN4O3/c1-5-31-20-14-18(16-27-17-20)21(15-23(30)32-24(2,3)4)28-13-12-26-11-7-9-19-8-6-10-22(25)29-19/h6,8,10,14,16-17,21,26,28H,5,7,9,11-13,15H2,1-4H3/t21-/m0/s1. The van der Waals surface area contributed by atoms with Gasteiger partial charge in [-0.2, -0.15) is 0 Å². The van der Waals surface area contributed by atoms with Crippen molar-refractivity contribution in [2.75, 3.05) is 26.2 Å². The topological polar surface area (TPSA) is 85.4 Å². The van der Waals surface area contributed by atoms with E-state index < -0.39 is 5.60 Å². The molecule has 2 N–H and O–H groups in total. The molecule has 0 radical (unpaired) electrons. The second kappa shape index (κ2) is 13.5. The van der Waals surface area contributed by atoms with E-state index in [0.29, 0.717) is 18.9 Å². The van der Waals surface area contributed by atoms with Gasteiger partial charge in [0.15, 0.2) is 0 Å². The van der Waals surface area contributed by atoms with Gasteiger partial charge in [-0.1, -0.05) is 6.07 Å². The minimum absolute atomic E-state index is 0.203. The van der Waals surface area contributed by atoms with E-state index in [1.807, 2.05) is 52.0 Å². The summed E-state index contributed by atoms with van der Waals surface area (Å²) in [7, 11) is 0. The number of pyridine rings is 2. The molecule has 0 aliphatic heterocycles. The number of carbonyl (C=O) groups is 1. The number of nitrogens with one attached hydrogen (secondary N) is 2. The zero-order valence-electron chi connectivity index (χ0n) is 19.5. The van der Waals surface area contributed by atoms with Crippen LogP contribution in [0.25, 0.3) is 0 Å². The first-order valence-corrected chi connectivity index (χ1v) is 11.9. The van der Waals surface area contributed by atoms with Crippen molar-refractivity contribution in [2.24, 2.45) is 0 Å². The fraction of sp³-hybridized carbons (Fsp3) is 0.542. The maximum absolute atomic E-state index is 12.4. The molecule has 2 aromatic rings. The van der Waals surface area contributed by atoms with Crippen molar-refractivity contribution in [2.45, 2.75) is 58.6 Å². The third kappa shape index (κ3) is 10.5. The van der Waals surface area contributed by atoms with Crippen molar-refractivity contribution in [1.29, 1.82) is 0 Å². The van der Waals surface area contributed by atoms with Crippen LogP contribution in [-0.2, 0) is 16.0 Å². The highest BCUT2D eigenvalue weighted by Gasteiger charge is 2.22. The highest BCUT2D eigenvalue weighted by Crippen LogP contribution is 2.22. The summed E-state index contributed by atoms with van der Waals surface area (Å²) in [6.45, 7) is 10.5. The van der Waals surface area contributed by atoms with E-state index in [4.69, 9.17) is 9.47 Å². The number of aromatic nitrogens is 2. The first-order chi connectivity index (χ1) is 15.3. The Kier molecular flexibility index (Phi) is 11.1. The third-order valence-corrected chi connectivity index (χ3v) is 4.93. The first-order valence-electron chi connectivity index (χ1n) is 11.1. The van der Waals surface area contributed by atoms with Crippen LogP contribution >= 0.6 is 15.9 Å². The quantitative estimate of drug-likeness (QED) is 0.239. The Labute approximate surface area is 199 Å². The maximum atomic E-state index is 12.4. The van der Waals surface area contributed by atoms with E-state index in [0.717, 1.165) is 41.8 Å². The van der Waals surface area contributed by atoms with Crippen LogP contribution < -0.4 is 15.4 Å². The molecule has 0 bridgehead atoms. The van der Waals surface area contributed by atoms with Gasteiger partial charge in [0.25, 0.3) is 0 Å². The summed E-state index contributed by atoms with van der Waals surface area (Å²) in [6.07, 6.45) is 5.60. The van der Waals surface area contributed by atoms with Gasteiger partial charge in [0.2, 0.25) is 0 Å². The van der Waals surface area contributed by atoms with Crippen LogP contribution in [0.2, 0.25) is 0 Å². The van der Waals surface area contributed by atoms with Gasteiger partial charge in [0.1, 0.15) is 16.0 Å². The average Bonchev–Trinajstić information content (AvgIpc) is 2.71. The van der Waals surface area contributed by atoms with E-state index in [1.165, 1.54) is 0 Å². The molecule has 1 atom stereocenters. The van der Waals surface area contributed by atoms with Crippen molar-refractivity contribution >= 4 is 21.9 Å². The zero-order chi connectivity index (χ0) is 23.4. The van der Waals surface area contributed by atoms with Crippen LogP contribution in [0, 0.1) is 0 Å². The molecule has 0 saturated heterocycles. The molecule has 0 saturated carbocycles. The first kappa shape index (κ1) is 26.2. The van der Waals surface area contributed by atoms with Crippen LogP contribution in [0.5, 0.6) is 5.75 Å². The predicted molar refractivity (Wildman–Crippen MR) is 130 cm³/mol. The Balaban J connectivity index is 1.83. The summed E-state index contributed by atoms with van der Waals surface area (Å²) < 4.78 is 12.0. The Bertz CT molecular complexity index is 842. The van der Waals surface area contributed by atoms with Crippen LogP contribution in [0.4, 0.5) is 0 Å². The van der Waals surface area contributed by atoms with Crippen LogP contribution in [0.15, 0.2) is 41.3 Å². The number of halogens is 1. The molecule has 2 aromatic heterocycles. The lowest BCUT2D eigenvalue weighted by molar-refractivity contribution is -0.155. The number of hydrogen-bond acceptors (Lipinski definition) is 7. The molecule has 2 heterocycles. The molecule has 176 valence electrons. The maximum Gasteiger partial charge on any atom is 0.308 e. The molecule has 0 aromatic carbocycles. The van der Waals surface area contributed by atoms with Crippen LogP contribution in [0.1, 0.15) is 57.8 Å². The molecule has 0 aliphatic rings. The second-order valence-electron chi connectivity index (χ2n) is 8.49. The van der Waals surface area contributed by atoms with Gasteiger partial charge in [-0.3, -0.25) is 9.78 Å². The Morgan fingerprint density at radius 2 is 2.00 bits per heavy atom. The van der Waals surface area contributed by atoms with Crippen molar-refractivity contribution < 1.29 is 14.3 Å².